The summed E-state index contributed by atoms with van der Waals surface area (Å²) in [5, 5.41) is 25.8. The summed E-state index contributed by atoms with van der Waals surface area (Å²) in [6.45, 7) is 0. The molecule has 1 aromatic rings. The van der Waals surface area contributed by atoms with E-state index >= 15 is 0 Å². The lowest BCUT2D eigenvalue weighted by Gasteiger charge is -2.22. The molecule has 29 heavy (non-hydrogen) atoms. The van der Waals surface area contributed by atoms with Crippen LogP contribution >= 0.6 is 34.8 Å². The summed E-state index contributed by atoms with van der Waals surface area (Å²) < 4.78 is 20.1. The van der Waals surface area contributed by atoms with Gasteiger partial charge in [0.25, 0.3) is 5.69 Å². The Labute approximate surface area is 177 Å². The monoisotopic (exact) mass is 470 g/mol. The van der Waals surface area contributed by atoms with Crippen LogP contribution in [0.15, 0.2) is 23.3 Å². The summed E-state index contributed by atoms with van der Waals surface area (Å²) in [4.78, 5) is 20.4. The molecule has 2 saturated heterocycles. The number of non-ortho nitro benzene ring substituents is 1. The molecule has 5 unspecified atom stereocenters. The number of hydrogen-bond donors (Lipinski definition) is 1. The fraction of sp³-hybridized carbons (Fsp3) is 0.500. The third kappa shape index (κ3) is 4.69. The Morgan fingerprint density at radius 3 is 2.52 bits per heavy atom. The van der Waals surface area contributed by atoms with Crippen molar-refractivity contribution in [1.82, 2.24) is 0 Å². The molecule has 2 aliphatic heterocycles. The smallest absolute Gasteiger partial charge is 0.301 e. The molecule has 0 aliphatic carbocycles. The van der Waals surface area contributed by atoms with Gasteiger partial charge in [0.1, 0.15) is 24.0 Å². The van der Waals surface area contributed by atoms with Crippen LogP contribution in [0.2, 0.25) is 0 Å². The van der Waals surface area contributed by atoms with E-state index in [1.54, 1.807) is 0 Å². The zero-order chi connectivity index (χ0) is 21.3. The number of ether oxygens (including phenoxy) is 4. The number of benzene rings is 1. The Hall–Kier alpha value is -1.80. The topological polar surface area (TPSA) is 148 Å². The number of nitrogens with one attached hydrogen (secondary N) is 1. The van der Waals surface area contributed by atoms with Gasteiger partial charge in [0.15, 0.2) is 6.29 Å². The van der Waals surface area contributed by atoms with E-state index in [0.29, 0.717) is 0 Å². The van der Waals surface area contributed by atoms with Crippen molar-refractivity contribution in [3.05, 3.63) is 38.4 Å². The second-order valence-electron chi connectivity index (χ2n) is 5.89. The van der Waals surface area contributed by atoms with Gasteiger partial charge in [-0.3, -0.25) is 25.7 Å². The van der Waals surface area contributed by atoms with Crippen LogP contribution < -0.4 is 5.43 Å². The molecule has 0 radical (unpaired) electrons. The first-order chi connectivity index (χ1) is 13.6. The Morgan fingerprint density at radius 1 is 1.21 bits per heavy atom. The number of hydrogen-bond acceptors (Lipinski definition) is 10. The number of fused-ring (bicyclic) bond motifs is 1. The standard InChI is InChI=1S/C14H13Cl3N4O8/c1-26-10-9(27-12-11(10)28-13(29-12)14(15,16)17)5-18-19-7-3-2-6(20(22)23)4-8(7)21(24)25/h2-5,9-13,19H,1H3/b18-5-. The maximum atomic E-state index is 11.1. The molecule has 2 heterocycles. The Morgan fingerprint density at radius 2 is 1.93 bits per heavy atom. The molecule has 5 atom stereocenters. The maximum absolute atomic E-state index is 11.1. The average molecular weight is 472 g/mol. The van der Waals surface area contributed by atoms with Gasteiger partial charge in [-0.25, -0.2) is 0 Å². The maximum Gasteiger partial charge on any atom is 0.301 e. The first kappa shape index (κ1) is 21.9. The zero-order valence-electron chi connectivity index (χ0n) is 14.4. The highest BCUT2D eigenvalue weighted by atomic mass is 35.6. The molecular formula is C14H13Cl3N4O8. The predicted octanol–water partition coefficient (Wildman–Crippen LogP) is 2.75. The molecule has 3 rings (SSSR count). The fourth-order valence-corrected chi connectivity index (χ4v) is 3.11. The molecule has 15 heteroatoms. The summed E-state index contributed by atoms with van der Waals surface area (Å²) in [5.74, 6) is 0. The van der Waals surface area contributed by atoms with Gasteiger partial charge in [-0.1, -0.05) is 34.8 Å². The molecule has 1 aromatic carbocycles. The van der Waals surface area contributed by atoms with Crippen molar-refractivity contribution < 1.29 is 28.8 Å². The Bertz CT molecular complexity index is 836. The number of nitro groups is 2. The second-order valence-corrected chi connectivity index (χ2v) is 8.25. The third-order valence-corrected chi connectivity index (χ3v) is 4.61. The van der Waals surface area contributed by atoms with Crippen molar-refractivity contribution in [2.75, 3.05) is 12.5 Å². The molecular weight excluding hydrogens is 459 g/mol. The van der Waals surface area contributed by atoms with Crippen molar-refractivity contribution in [2.24, 2.45) is 5.10 Å². The van der Waals surface area contributed by atoms with E-state index < -0.39 is 55.9 Å². The largest absolute Gasteiger partial charge is 0.375 e. The number of halogens is 3. The number of anilines is 1. The van der Waals surface area contributed by atoms with Gasteiger partial charge >= 0.3 is 5.69 Å². The van der Waals surface area contributed by atoms with Crippen LogP contribution in [0.1, 0.15) is 0 Å². The number of nitrogens with zero attached hydrogens (tertiary/aromatic N) is 3. The second kappa shape index (κ2) is 8.52. The summed E-state index contributed by atoms with van der Waals surface area (Å²) in [5.41, 5.74) is 1.47. The van der Waals surface area contributed by atoms with E-state index in [0.717, 1.165) is 12.1 Å². The summed E-state index contributed by atoms with van der Waals surface area (Å²) in [6.07, 6.45) is -2.81. The van der Waals surface area contributed by atoms with Gasteiger partial charge in [0.05, 0.1) is 22.1 Å². The van der Waals surface area contributed by atoms with Crippen molar-refractivity contribution in [2.45, 2.75) is 34.7 Å². The van der Waals surface area contributed by atoms with E-state index in [1.165, 1.54) is 19.4 Å². The molecule has 1 N–H and O–H groups in total. The molecule has 0 bridgehead atoms. The van der Waals surface area contributed by atoms with Gasteiger partial charge in [0.2, 0.25) is 10.1 Å². The van der Waals surface area contributed by atoms with E-state index in [2.05, 4.69) is 10.5 Å². The lowest BCUT2D eigenvalue weighted by molar-refractivity contribution is -0.393. The van der Waals surface area contributed by atoms with E-state index in [9.17, 15) is 20.2 Å². The molecule has 0 aromatic heterocycles. The minimum absolute atomic E-state index is 0.0484. The van der Waals surface area contributed by atoms with Crippen LogP contribution in [0.4, 0.5) is 17.1 Å². The molecule has 2 aliphatic rings. The Balaban J connectivity index is 1.69. The van der Waals surface area contributed by atoms with Crippen LogP contribution in [0.25, 0.3) is 0 Å². The van der Waals surface area contributed by atoms with Crippen molar-refractivity contribution in [3.63, 3.8) is 0 Å². The lowest BCUT2D eigenvalue weighted by Crippen LogP contribution is -2.37. The third-order valence-electron chi connectivity index (χ3n) is 4.08. The highest BCUT2D eigenvalue weighted by molar-refractivity contribution is 6.67. The number of methoxy groups -OCH3 is 1. The molecule has 158 valence electrons. The fourth-order valence-electron chi connectivity index (χ4n) is 2.80. The van der Waals surface area contributed by atoms with E-state index in [-0.39, 0.29) is 5.69 Å². The zero-order valence-corrected chi connectivity index (χ0v) is 16.7. The highest BCUT2D eigenvalue weighted by Crippen LogP contribution is 2.42. The van der Waals surface area contributed by atoms with Crippen molar-refractivity contribution in [3.8, 4) is 0 Å². The quantitative estimate of drug-likeness (QED) is 0.286. The number of rotatable bonds is 6. The van der Waals surface area contributed by atoms with Crippen molar-refractivity contribution in [1.29, 1.82) is 0 Å². The van der Waals surface area contributed by atoms with Crippen molar-refractivity contribution >= 4 is 58.1 Å². The normalized spacial score (nSPS) is 29.2. The van der Waals surface area contributed by atoms with Gasteiger partial charge in [-0.05, 0) is 6.07 Å². The summed E-state index contributed by atoms with van der Waals surface area (Å²) >= 11 is 17.3. The molecule has 2 fully saturated rings. The minimum atomic E-state index is -1.81. The van der Waals surface area contributed by atoms with Gasteiger partial charge in [0, 0.05) is 13.2 Å². The Kier molecular flexibility index (Phi) is 6.43. The van der Waals surface area contributed by atoms with Crippen LogP contribution in [0.3, 0.4) is 0 Å². The summed E-state index contributed by atoms with van der Waals surface area (Å²) in [7, 11) is 1.41. The minimum Gasteiger partial charge on any atom is -0.375 e. The lowest BCUT2D eigenvalue weighted by atomic mass is 10.1. The van der Waals surface area contributed by atoms with Gasteiger partial charge in [-0.15, -0.1) is 0 Å². The first-order valence-corrected chi connectivity index (χ1v) is 9.03. The molecule has 12 nitrogen and oxygen atoms in total. The molecule has 0 spiro atoms. The van der Waals surface area contributed by atoms with Gasteiger partial charge in [-0.2, -0.15) is 5.10 Å². The SMILES string of the molecule is COC1C(/C=N\Nc2ccc([N+](=O)[O-])cc2[N+](=O)[O-])OC2OC(C(Cl)(Cl)Cl)OC21. The van der Waals surface area contributed by atoms with Gasteiger partial charge < -0.3 is 18.9 Å². The van der Waals surface area contributed by atoms with Crippen LogP contribution in [-0.2, 0) is 18.9 Å². The van der Waals surface area contributed by atoms with E-state index in [1.807, 2.05) is 0 Å². The molecule has 0 amide bonds. The van der Waals surface area contributed by atoms with Crippen LogP contribution in [0.5, 0.6) is 0 Å². The number of alkyl halides is 3. The van der Waals surface area contributed by atoms with Crippen LogP contribution in [0, 0.1) is 20.2 Å². The van der Waals surface area contributed by atoms with Crippen LogP contribution in [-0.4, -0.2) is 57.9 Å². The average Bonchev–Trinajstić information content (AvgIpc) is 3.18. The molecule has 0 saturated carbocycles. The highest BCUT2D eigenvalue weighted by Gasteiger charge is 2.56. The predicted molar refractivity (Wildman–Crippen MR) is 101 cm³/mol. The first-order valence-electron chi connectivity index (χ1n) is 7.89. The number of nitro benzene ring substituents is 2. The number of hydrazone groups is 1. The summed E-state index contributed by atoms with van der Waals surface area (Å²) in [6, 6.07) is 3.10. The van der Waals surface area contributed by atoms with E-state index in [4.69, 9.17) is 53.8 Å².